The monoisotopic (exact) mass is 571 g/mol. The summed E-state index contributed by atoms with van der Waals surface area (Å²) in [5.74, 6) is 2.49. The summed E-state index contributed by atoms with van der Waals surface area (Å²) < 4.78 is 44.5. The Balaban J connectivity index is 1.16. The van der Waals surface area contributed by atoms with E-state index >= 15 is 0 Å². The number of carbonyl (C=O) groups is 2. The van der Waals surface area contributed by atoms with Crippen LogP contribution < -0.4 is 18.9 Å². The van der Waals surface area contributed by atoms with Gasteiger partial charge in [0.2, 0.25) is 0 Å². The summed E-state index contributed by atoms with van der Waals surface area (Å²) in [6.45, 7) is 7.13. The molecule has 2 aromatic rings. The topological polar surface area (TPSA) is 114 Å². The second kappa shape index (κ2) is 15.8. The average Bonchev–Trinajstić information content (AvgIpc) is 3.00. The van der Waals surface area contributed by atoms with E-state index in [1.54, 1.807) is 0 Å². The van der Waals surface area contributed by atoms with E-state index in [0.29, 0.717) is 62.5 Å². The van der Waals surface area contributed by atoms with Gasteiger partial charge >= 0.3 is 19.9 Å². The highest BCUT2D eigenvalue weighted by atomic mass is 16.6. The van der Waals surface area contributed by atoms with Crippen LogP contribution in [0.4, 0.5) is 9.59 Å². The van der Waals surface area contributed by atoms with Crippen LogP contribution in [-0.2, 0) is 18.8 Å². The van der Waals surface area contributed by atoms with Crippen molar-refractivity contribution in [3.63, 3.8) is 0 Å². The number of ether oxygens (including phenoxy) is 6. The smallest absolute Gasteiger partial charge is 0.490 e. The van der Waals surface area contributed by atoms with Gasteiger partial charge in [0, 0.05) is 13.1 Å². The van der Waals surface area contributed by atoms with Crippen LogP contribution in [0.2, 0.25) is 0 Å². The molecule has 2 aliphatic heterocycles. The molecule has 2 atom stereocenters. The van der Waals surface area contributed by atoms with E-state index < -0.39 is 12.2 Å². The van der Waals surface area contributed by atoms with Gasteiger partial charge in [0.15, 0.2) is 23.0 Å². The Morgan fingerprint density at radius 2 is 1.10 bits per heavy atom. The number of hydrogen-bond acceptors (Lipinski definition) is 10. The summed E-state index contributed by atoms with van der Waals surface area (Å²) in [5.41, 5.74) is 0. The van der Waals surface area contributed by atoms with Crippen LogP contribution >= 0.6 is 0 Å². The largest absolute Gasteiger partial charge is 0.664 e. The molecule has 0 spiro atoms. The number of para-hydroxylation sites is 4. The normalized spacial score (nSPS) is 18.7. The lowest BCUT2D eigenvalue weighted by Gasteiger charge is -2.33. The number of amides is 2. The quantitative estimate of drug-likeness (QED) is 0.352. The van der Waals surface area contributed by atoms with Gasteiger partial charge in [0.05, 0.1) is 39.5 Å². The van der Waals surface area contributed by atoms with Gasteiger partial charge in [-0.3, -0.25) is 0 Å². The molecule has 1 radical (unpaired) electrons. The van der Waals surface area contributed by atoms with Gasteiger partial charge in [-0.15, -0.1) is 0 Å². The van der Waals surface area contributed by atoms with Crippen molar-refractivity contribution in [3.05, 3.63) is 48.5 Å². The highest BCUT2D eigenvalue weighted by Crippen LogP contribution is 2.28. The second-order valence-corrected chi connectivity index (χ2v) is 9.12. The van der Waals surface area contributed by atoms with E-state index in [4.69, 9.17) is 37.7 Å². The van der Waals surface area contributed by atoms with Gasteiger partial charge in [0.1, 0.15) is 25.4 Å². The fourth-order valence-electron chi connectivity index (χ4n) is 4.28. The summed E-state index contributed by atoms with van der Waals surface area (Å²) in [6.07, 6.45) is -2.02. The molecule has 2 saturated heterocycles. The molecule has 4 rings (SSSR count). The Bertz CT molecular complexity index is 1040. The number of nitrogens with zero attached hydrogens (tertiary/aromatic N) is 2. The maximum atomic E-state index is 12.6. The van der Waals surface area contributed by atoms with Crippen LogP contribution in [0.5, 0.6) is 23.0 Å². The SMILES string of the molecule is CCOc1ccccc1OCC1CN(C(=O)O[B]OC(=O)N2CCOC(COc3ccccc3OCC)C2)CCO1. The van der Waals surface area contributed by atoms with Crippen molar-refractivity contribution in [2.45, 2.75) is 26.1 Å². The van der Waals surface area contributed by atoms with Crippen molar-refractivity contribution in [1.29, 1.82) is 0 Å². The zero-order valence-electron chi connectivity index (χ0n) is 23.4. The van der Waals surface area contributed by atoms with Crippen molar-refractivity contribution in [2.24, 2.45) is 0 Å². The maximum Gasteiger partial charge on any atom is 0.664 e. The molecule has 2 unspecified atom stereocenters. The standard InChI is InChI=1S/C28H36BN2O10/c1-3-34-23-9-5-7-11-25(23)38-19-21-17-30(13-15-36-21)27(32)40-29-41-28(33)31-14-16-37-22(18-31)20-39-26-12-8-6-10-24(26)35-4-2/h5-12,21-22H,3-4,13-20H2,1-2H3. The average molecular weight is 571 g/mol. The van der Waals surface area contributed by atoms with Gasteiger partial charge in [-0.25, -0.2) is 9.59 Å². The summed E-state index contributed by atoms with van der Waals surface area (Å²) in [7, 11) is 0.753. The number of rotatable bonds is 12. The minimum atomic E-state index is -0.651. The van der Waals surface area contributed by atoms with Crippen LogP contribution in [0.1, 0.15) is 13.8 Å². The molecule has 0 aliphatic carbocycles. The Labute approximate surface area is 240 Å². The van der Waals surface area contributed by atoms with E-state index in [2.05, 4.69) is 0 Å². The molecule has 2 heterocycles. The molecule has 0 saturated carbocycles. The molecule has 12 nitrogen and oxygen atoms in total. The van der Waals surface area contributed by atoms with Crippen molar-refractivity contribution in [2.75, 3.05) is 65.8 Å². The highest BCUT2D eigenvalue weighted by molar-refractivity contribution is 6.25. The Hall–Kier alpha value is -3.84. The maximum absolute atomic E-state index is 12.6. The summed E-state index contributed by atoms with van der Waals surface area (Å²) in [4.78, 5) is 28.1. The Morgan fingerprint density at radius 1 is 0.707 bits per heavy atom. The van der Waals surface area contributed by atoms with Crippen molar-refractivity contribution < 1.29 is 47.3 Å². The van der Waals surface area contributed by atoms with Gasteiger partial charge < -0.3 is 47.5 Å². The summed E-state index contributed by atoms with van der Waals surface area (Å²) >= 11 is 0. The predicted molar refractivity (Wildman–Crippen MR) is 148 cm³/mol. The van der Waals surface area contributed by atoms with Gasteiger partial charge in [-0.2, -0.15) is 0 Å². The third-order valence-corrected chi connectivity index (χ3v) is 6.24. The molecule has 221 valence electrons. The molecule has 2 aliphatic rings. The number of carbonyl (C=O) groups excluding carboxylic acids is 2. The molecular weight excluding hydrogens is 535 g/mol. The molecular formula is C28H36BN2O10. The fraction of sp³-hybridized carbons (Fsp3) is 0.500. The fourth-order valence-corrected chi connectivity index (χ4v) is 4.28. The Morgan fingerprint density at radius 3 is 1.49 bits per heavy atom. The minimum Gasteiger partial charge on any atom is -0.490 e. The van der Waals surface area contributed by atoms with Gasteiger partial charge in [-0.1, -0.05) is 24.3 Å². The molecule has 0 aromatic heterocycles. The number of morpholine rings is 2. The first-order chi connectivity index (χ1) is 20.1. The zero-order chi connectivity index (χ0) is 28.9. The lowest BCUT2D eigenvalue weighted by molar-refractivity contribution is -0.0431. The number of benzene rings is 2. The van der Waals surface area contributed by atoms with E-state index in [1.165, 1.54) is 9.80 Å². The van der Waals surface area contributed by atoms with Crippen LogP contribution in [-0.4, -0.2) is 108 Å². The lowest BCUT2D eigenvalue weighted by atomic mass is 10.3. The summed E-state index contributed by atoms with van der Waals surface area (Å²) in [5, 5.41) is 0. The van der Waals surface area contributed by atoms with E-state index in [1.807, 2.05) is 62.4 Å². The zero-order valence-corrected chi connectivity index (χ0v) is 23.4. The van der Waals surface area contributed by atoms with Gasteiger partial charge in [0.25, 0.3) is 0 Å². The predicted octanol–water partition coefficient (Wildman–Crippen LogP) is 3.15. The second-order valence-electron chi connectivity index (χ2n) is 9.12. The molecule has 2 amide bonds. The molecule has 41 heavy (non-hydrogen) atoms. The van der Waals surface area contributed by atoms with Crippen LogP contribution in [0, 0.1) is 0 Å². The molecule has 13 heteroatoms. The summed E-state index contributed by atoms with van der Waals surface area (Å²) in [6, 6.07) is 14.7. The van der Waals surface area contributed by atoms with Crippen LogP contribution in [0.15, 0.2) is 48.5 Å². The minimum absolute atomic E-state index is 0.228. The van der Waals surface area contributed by atoms with Crippen molar-refractivity contribution >= 4 is 19.9 Å². The molecule has 2 aromatic carbocycles. The molecule has 0 bridgehead atoms. The van der Waals surface area contributed by atoms with E-state index in [-0.39, 0.29) is 38.5 Å². The first kappa shape index (κ1) is 30.1. The number of hydrogen-bond donors (Lipinski definition) is 0. The molecule has 2 fully saturated rings. The third-order valence-electron chi connectivity index (χ3n) is 6.24. The van der Waals surface area contributed by atoms with E-state index in [9.17, 15) is 9.59 Å². The highest BCUT2D eigenvalue weighted by Gasteiger charge is 2.29. The van der Waals surface area contributed by atoms with Crippen molar-refractivity contribution in [1.82, 2.24) is 9.80 Å². The van der Waals surface area contributed by atoms with Gasteiger partial charge in [-0.05, 0) is 38.1 Å². The first-order valence-electron chi connectivity index (χ1n) is 13.7. The van der Waals surface area contributed by atoms with Crippen LogP contribution in [0.3, 0.4) is 0 Å². The third kappa shape index (κ3) is 9.09. The lowest BCUT2D eigenvalue weighted by Crippen LogP contribution is -2.49. The first-order valence-corrected chi connectivity index (χ1v) is 13.7. The Kier molecular flexibility index (Phi) is 11.6. The molecule has 0 N–H and O–H groups in total. The van der Waals surface area contributed by atoms with Crippen LogP contribution in [0.25, 0.3) is 0 Å². The van der Waals surface area contributed by atoms with E-state index in [0.717, 1.165) is 7.69 Å². The van der Waals surface area contributed by atoms with Crippen molar-refractivity contribution in [3.8, 4) is 23.0 Å².